The first kappa shape index (κ1) is 17.7. The Morgan fingerprint density at radius 1 is 1.08 bits per heavy atom. The molecule has 1 atom stereocenters. The van der Waals surface area contributed by atoms with Crippen LogP contribution < -0.4 is 4.90 Å². The lowest BCUT2D eigenvalue weighted by atomic mass is 10.1. The second-order valence-electron chi connectivity index (χ2n) is 5.89. The molecule has 1 saturated heterocycles. The molecule has 26 heavy (non-hydrogen) atoms. The fourth-order valence-electron chi connectivity index (χ4n) is 2.74. The molecule has 2 aromatic carbocycles. The molecular formula is C19H15F2NO4. The number of carbonyl (C=O) groups is 3. The van der Waals surface area contributed by atoms with Crippen LogP contribution in [0.4, 0.5) is 14.5 Å². The Kier molecular flexibility index (Phi) is 5.06. The van der Waals surface area contributed by atoms with Gasteiger partial charge in [-0.3, -0.25) is 14.4 Å². The van der Waals surface area contributed by atoms with Gasteiger partial charge in [0.1, 0.15) is 11.6 Å². The lowest BCUT2D eigenvalue weighted by Crippen LogP contribution is -2.27. The minimum absolute atomic E-state index is 0.0106. The highest BCUT2D eigenvalue weighted by Gasteiger charge is 2.37. The van der Waals surface area contributed by atoms with Crippen molar-refractivity contribution in [3.63, 3.8) is 0 Å². The summed E-state index contributed by atoms with van der Waals surface area (Å²) in [7, 11) is 0. The van der Waals surface area contributed by atoms with Gasteiger partial charge in [0.25, 0.3) is 0 Å². The van der Waals surface area contributed by atoms with Crippen molar-refractivity contribution in [3.05, 3.63) is 65.7 Å². The molecule has 5 nitrogen and oxygen atoms in total. The van der Waals surface area contributed by atoms with E-state index in [1.165, 1.54) is 35.2 Å². The van der Waals surface area contributed by atoms with Gasteiger partial charge in [-0.2, -0.15) is 0 Å². The van der Waals surface area contributed by atoms with Crippen molar-refractivity contribution in [2.75, 3.05) is 18.1 Å². The van der Waals surface area contributed by atoms with Gasteiger partial charge in [-0.05, 0) is 36.4 Å². The predicted octanol–water partition coefficient (Wildman–Crippen LogP) is 2.74. The van der Waals surface area contributed by atoms with E-state index in [9.17, 15) is 23.2 Å². The van der Waals surface area contributed by atoms with Gasteiger partial charge in [0.05, 0.1) is 11.6 Å². The summed E-state index contributed by atoms with van der Waals surface area (Å²) in [4.78, 5) is 37.4. The minimum Gasteiger partial charge on any atom is -0.457 e. The highest BCUT2D eigenvalue weighted by molar-refractivity contribution is 6.01. The molecule has 134 valence electrons. The first-order valence-electron chi connectivity index (χ1n) is 7.96. The lowest BCUT2D eigenvalue weighted by Gasteiger charge is -2.17. The van der Waals surface area contributed by atoms with Gasteiger partial charge >= 0.3 is 5.97 Å². The second-order valence-corrected chi connectivity index (χ2v) is 5.89. The molecule has 0 unspecified atom stereocenters. The zero-order chi connectivity index (χ0) is 18.7. The number of ether oxygens (including phenoxy) is 1. The van der Waals surface area contributed by atoms with Gasteiger partial charge in [0.15, 0.2) is 12.4 Å². The number of para-hydroxylation sites is 1. The molecule has 0 N–H and O–H groups in total. The molecule has 0 bridgehead atoms. The van der Waals surface area contributed by atoms with E-state index in [-0.39, 0.29) is 30.1 Å². The standard InChI is InChI=1S/C19H15F2NO4/c20-14-7-5-12(6-8-14)17(23)11-26-19(25)13-9-18(24)22(10-13)16-4-2-1-3-15(16)21/h1-8,13H,9-11H2/t13-/m0/s1. The predicted molar refractivity (Wildman–Crippen MR) is 88.5 cm³/mol. The number of esters is 1. The van der Waals surface area contributed by atoms with Gasteiger partial charge in [0.2, 0.25) is 5.91 Å². The fraction of sp³-hybridized carbons (Fsp3) is 0.211. The van der Waals surface area contributed by atoms with Crippen LogP contribution in [-0.2, 0) is 14.3 Å². The van der Waals surface area contributed by atoms with Crippen molar-refractivity contribution in [1.29, 1.82) is 0 Å². The number of rotatable bonds is 5. The number of carbonyl (C=O) groups excluding carboxylic acids is 3. The summed E-state index contributed by atoms with van der Waals surface area (Å²) in [5.74, 6) is -3.37. The van der Waals surface area contributed by atoms with Crippen molar-refractivity contribution in [1.82, 2.24) is 0 Å². The van der Waals surface area contributed by atoms with E-state index in [1.807, 2.05) is 0 Å². The third-order valence-corrected chi connectivity index (χ3v) is 4.11. The van der Waals surface area contributed by atoms with Crippen LogP contribution >= 0.6 is 0 Å². The fourth-order valence-corrected chi connectivity index (χ4v) is 2.74. The first-order valence-corrected chi connectivity index (χ1v) is 7.96. The Hall–Kier alpha value is -3.09. The molecule has 1 aliphatic rings. The van der Waals surface area contributed by atoms with Gasteiger partial charge in [-0.1, -0.05) is 12.1 Å². The molecule has 1 heterocycles. The van der Waals surface area contributed by atoms with Crippen LogP contribution in [0.1, 0.15) is 16.8 Å². The Labute approximate surface area is 148 Å². The Balaban J connectivity index is 1.59. The van der Waals surface area contributed by atoms with E-state index in [2.05, 4.69) is 0 Å². The normalized spacial score (nSPS) is 16.6. The summed E-state index contributed by atoms with van der Waals surface area (Å²) in [6.07, 6.45) is -0.113. The summed E-state index contributed by atoms with van der Waals surface area (Å²) in [6, 6.07) is 10.7. The van der Waals surface area contributed by atoms with Crippen LogP contribution in [0.25, 0.3) is 0 Å². The number of benzene rings is 2. The van der Waals surface area contributed by atoms with Gasteiger partial charge in [-0.25, -0.2) is 8.78 Å². The number of ketones is 1. The summed E-state index contributed by atoms with van der Waals surface area (Å²) >= 11 is 0. The zero-order valence-corrected chi connectivity index (χ0v) is 13.7. The zero-order valence-electron chi connectivity index (χ0n) is 13.7. The van der Waals surface area contributed by atoms with Gasteiger partial charge in [0, 0.05) is 18.5 Å². The monoisotopic (exact) mass is 359 g/mol. The van der Waals surface area contributed by atoms with Crippen molar-refractivity contribution >= 4 is 23.3 Å². The maximum atomic E-state index is 13.8. The number of anilines is 1. The van der Waals surface area contributed by atoms with E-state index in [0.29, 0.717) is 0 Å². The summed E-state index contributed by atoms with van der Waals surface area (Å²) < 4.78 is 31.7. The number of halogens is 2. The van der Waals surface area contributed by atoms with Crippen molar-refractivity contribution < 1.29 is 27.9 Å². The number of hydrogen-bond acceptors (Lipinski definition) is 4. The molecule has 2 aromatic rings. The van der Waals surface area contributed by atoms with Crippen molar-refractivity contribution in [2.45, 2.75) is 6.42 Å². The van der Waals surface area contributed by atoms with E-state index in [0.717, 1.165) is 12.1 Å². The molecule has 1 amide bonds. The Morgan fingerprint density at radius 2 is 1.77 bits per heavy atom. The molecule has 1 aliphatic heterocycles. The topological polar surface area (TPSA) is 63.7 Å². The molecule has 0 saturated carbocycles. The van der Waals surface area contributed by atoms with Crippen molar-refractivity contribution in [2.24, 2.45) is 5.92 Å². The van der Waals surface area contributed by atoms with Crippen molar-refractivity contribution in [3.8, 4) is 0 Å². The highest BCUT2D eigenvalue weighted by Crippen LogP contribution is 2.27. The number of hydrogen-bond donors (Lipinski definition) is 0. The number of nitrogens with zero attached hydrogens (tertiary/aromatic N) is 1. The third-order valence-electron chi connectivity index (χ3n) is 4.11. The molecule has 0 spiro atoms. The highest BCUT2D eigenvalue weighted by atomic mass is 19.1. The van der Waals surface area contributed by atoms with E-state index >= 15 is 0 Å². The summed E-state index contributed by atoms with van der Waals surface area (Å²) in [5.41, 5.74) is 0.324. The van der Waals surface area contributed by atoms with Crippen LogP contribution in [0.2, 0.25) is 0 Å². The van der Waals surface area contributed by atoms with Crippen LogP contribution in [0.15, 0.2) is 48.5 Å². The molecular weight excluding hydrogens is 344 g/mol. The number of amides is 1. The maximum Gasteiger partial charge on any atom is 0.311 e. The van der Waals surface area contributed by atoms with E-state index in [4.69, 9.17) is 4.74 Å². The largest absolute Gasteiger partial charge is 0.457 e. The van der Waals surface area contributed by atoms with Crippen LogP contribution in [0.5, 0.6) is 0 Å². The third kappa shape index (κ3) is 3.77. The number of Topliss-reactive ketones (excluding diaryl/α,β-unsaturated/α-hetero) is 1. The van der Waals surface area contributed by atoms with Crippen LogP contribution in [0, 0.1) is 17.6 Å². The lowest BCUT2D eigenvalue weighted by molar-refractivity contribution is -0.147. The second kappa shape index (κ2) is 7.43. The first-order chi connectivity index (χ1) is 12.5. The average Bonchev–Trinajstić information content (AvgIpc) is 3.02. The minimum atomic E-state index is -0.775. The molecule has 0 radical (unpaired) electrons. The SMILES string of the molecule is O=C(COC(=O)[C@H]1CC(=O)N(c2ccccc2F)C1)c1ccc(F)cc1. The summed E-state index contributed by atoms with van der Waals surface area (Å²) in [5, 5.41) is 0. The molecule has 0 aliphatic carbocycles. The molecule has 3 rings (SSSR count). The Bertz CT molecular complexity index is 851. The smallest absolute Gasteiger partial charge is 0.311 e. The summed E-state index contributed by atoms with van der Waals surface area (Å²) in [6.45, 7) is -0.516. The van der Waals surface area contributed by atoms with E-state index in [1.54, 1.807) is 6.07 Å². The van der Waals surface area contributed by atoms with Gasteiger partial charge in [-0.15, -0.1) is 0 Å². The van der Waals surface area contributed by atoms with E-state index < -0.39 is 35.9 Å². The quantitative estimate of drug-likeness (QED) is 0.608. The maximum absolute atomic E-state index is 13.8. The molecule has 1 fully saturated rings. The Morgan fingerprint density at radius 3 is 2.46 bits per heavy atom. The molecule has 7 heteroatoms. The van der Waals surface area contributed by atoms with Crippen LogP contribution in [-0.4, -0.2) is 30.8 Å². The average molecular weight is 359 g/mol. The van der Waals surface area contributed by atoms with Gasteiger partial charge < -0.3 is 9.64 Å². The van der Waals surface area contributed by atoms with Crippen LogP contribution in [0.3, 0.4) is 0 Å². The molecule has 0 aromatic heterocycles.